The van der Waals surface area contributed by atoms with Gasteiger partial charge in [0.25, 0.3) is 0 Å². The summed E-state index contributed by atoms with van der Waals surface area (Å²) < 4.78 is 33.7. The number of aromatic nitrogens is 1. The van der Waals surface area contributed by atoms with Crippen molar-refractivity contribution >= 4 is 45.5 Å². The second-order valence-electron chi connectivity index (χ2n) is 7.83. The van der Waals surface area contributed by atoms with Crippen LogP contribution in [-0.2, 0) is 27.9 Å². The molecule has 36 heavy (non-hydrogen) atoms. The van der Waals surface area contributed by atoms with Gasteiger partial charge in [0.1, 0.15) is 5.75 Å². The molecule has 0 atom stereocenters. The number of nitrogens with zero attached hydrogens (tertiary/aromatic N) is 2. The third kappa shape index (κ3) is 7.25. The molecule has 0 saturated carbocycles. The van der Waals surface area contributed by atoms with E-state index < -0.39 is 22.6 Å². The molecule has 180 valence electrons. The quantitative estimate of drug-likeness (QED) is 0.323. The van der Waals surface area contributed by atoms with Crippen LogP contribution in [-0.4, -0.2) is 64.9 Å². The Morgan fingerprint density at radius 2 is 1.53 bits per heavy atom. The maximum absolute atomic E-state index is 13.5. The SMILES string of the molecule is O=C(O)COc1cccc(CN(Cc2ccc(-c3ccccn3)cc2)S(=O)(=O)c2ccccc2)c1.[NaH]. The molecule has 0 fully saturated rings. The molecule has 4 aromatic rings. The molecular formula is C27H25N2NaO5S. The zero-order valence-electron chi connectivity index (χ0n) is 18.8. The predicted octanol–water partition coefficient (Wildman–Crippen LogP) is 3.95. The van der Waals surface area contributed by atoms with Gasteiger partial charge >= 0.3 is 35.5 Å². The summed E-state index contributed by atoms with van der Waals surface area (Å²) in [5.74, 6) is -0.723. The molecule has 1 N–H and O–H groups in total. The van der Waals surface area contributed by atoms with Crippen LogP contribution in [0.5, 0.6) is 5.75 Å². The molecule has 0 aliphatic rings. The number of benzene rings is 3. The van der Waals surface area contributed by atoms with Gasteiger partial charge in [-0.05, 0) is 47.5 Å². The Morgan fingerprint density at radius 3 is 2.19 bits per heavy atom. The molecule has 3 aromatic carbocycles. The van der Waals surface area contributed by atoms with Gasteiger partial charge in [0.15, 0.2) is 6.61 Å². The van der Waals surface area contributed by atoms with Crippen LogP contribution in [0.3, 0.4) is 0 Å². The summed E-state index contributed by atoms with van der Waals surface area (Å²) in [5, 5.41) is 8.86. The number of pyridine rings is 1. The van der Waals surface area contributed by atoms with Crippen molar-refractivity contribution in [3.05, 3.63) is 114 Å². The molecule has 9 heteroatoms. The van der Waals surface area contributed by atoms with Gasteiger partial charge in [0, 0.05) is 24.8 Å². The molecule has 0 bridgehead atoms. The van der Waals surface area contributed by atoms with Crippen molar-refractivity contribution in [2.75, 3.05) is 6.61 Å². The van der Waals surface area contributed by atoms with E-state index in [2.05, 4.69) is 4.98 Å². The average Bonchev–Trinajstić information content (AvgIpc) is 2.89. The van der Waals surface area contributed by atoms with Crippen LogP contribution in [0.2, 0.25) is 0 Å². The molecule has 1 heterocycles. The number of carboxylic acid groups (broad SMARTS) is 1. The van der Waals surface area contributed by atoms with Gasteiger partial charge in [-0.2, -0.15) is 4.31 Å². The number of hydrogen-bond acceptors (Lipinski definition) is 5. The summed E-state index contributed by atoms with van der Waals surface area (Å²) in [6, 6.07) is 28.4. The van der Waals surface area contributed by atoms with Gasteiger partial charge in [0.05, 0.1) is 10.6 Å². The average molecular weight is 513 g/mol. The van der Waals surface area contributed by atoms with Crippen molar-refractivity contribution in [1.82, 2.24) is 9.29 Å². The number of sulfonamides is 1. The van der Waals surface area contributed by atoms with Crippen molar-refractivity contribution in [2.24, 2.45) is 0 Å². The Bertz CT molecular complexity index is 1380. The van der Waals surface area contributed by atoms with Gasteiger partial charge in [-0.25, -0.2) is 13.2 Å². The van der Waals surface area contributed by atoms with Crippen LogP contribution in [0, 0.1) is 0 Å². The number of carbonyl (C=O) groups is 1. The van der Waals surface area contributed by atoms with Crippen LogP contribution < -0.4 is 4.74 Å². The van der Waals surface area contributed by atoms with Crippen LogP contribution >= 0.6 is 0 Å². The van der Waals surface area contributed by atoms with E-state index in [0.717, 1.165) is 16.8 Å². The summed E-state index contributed by atoms with van der Waals surface area (Å²) in [6.07, 6.45) is 1.73. The molecular weight excluding hydrogens is 487 g/mol. The molecule has 0 amide bonds. The van der Waals surface area contributed by atoms with Crippen molar-refractivity contribution in [1.29, 1.82) is 0 Å². The number of aliphatic carboxylic acids is 1. The summed E-state index contributed by atoms with van der Waals surface area (Å²) in [6.45, 7) is -0.235. The Kier molecular flexibility index (Phi) is 9.81. The molecule has 1 aromatic heterocycles. The van der Waals surface area contributed by atoms with Crippen molar-refractivity contribution < 1.29 is 23.1 Å². The number of hydrogen-bond donors (Lipinski definition) is 1. The number of carboxylic acids is 1. The van der Waals surface area contributed by atoms with E-state index in [1.807, 2.05) is 42.5 Å². The monoisotopic (exact) mass is 512 g/mol. The Balaban J connectivity index is 0.00000361. The van der Waals surface area contributed by atoms with Crippen LogP contribution in [0.1, 0.15) is 11.1 Å². The molecule has 0 aliphatic carbocycles. The van der Waals surface area contributed by atoms with E-state index in [-0.39, 0.29) is 47.5 Å². The third-order valence-corrected chi connectivity index (χ3v) is 7.08. The maximum atomic E-state index is 13.5. The van der Waals surface area contributed by atoms with Crippen LogP contribution in [0.15, 0.2) is 108 Å². The first-order valence-electron chi connectivity index (χ1n) is 10.9. The van der Waals surface area contributed by atoms with E-state index in [1.54, 1.807) is 60.8 Å². The van der Waals surface area contributed by atoms with Crippen molar-refractivity contribution in [2.45, 2.75) is 18.0 Å². The van der Waals surface area contributed by atoms with Gasteiger partial charge in [-0.15, -0.1) is 0 Å². The first-order chi connectivity index (χ1) is 16.9. The zero-order chi connectivity index (χ0) is 24.7. The minimum atomic E-state index is -3.81. The minimum absolute atomic E-state index is 0. The molecule has 0 unspecified atom stereocenters. The van der Waals surface area contributed by atoms with E-state index in [0.29, 0.717) is 11.3 Å². The van der Waals surface area contributed by atoms with Crippen molar-refractivity contribution in [3.63, 3.8) is 0 Å². The van der Waals surface area contributed by atoms with Crippen LogP contribution in [0.4, 0.5) is 0 Å². The fourth-order valence-corrected chi connectivity index (χ4v) is 5.01. The fourth-order valence-electron chi connectivity index (χ4n) is 3.57. The van der Waals surface area contributed by atoms with E-state index in [9.17, 15) is 13.2 Å². The molecule has 7 nitrogen and oxygen atoms in total. The standard InChI is InChI=1S/C27H24N2O5S.Na.H/c30-27(31)20-34-24-8-6-7-22(17-24)19-29(35(32,33)25-9-2-1-3-10-25)18-21-12-14-23(15-13-21)26-11-4-5-16-28-26;;/h1-17H,18-20H2,(H,30,31);;. The molecule has 0 radical (unpaired) electrons. The topological polar surface area (TPSA) is 96.8 Å². The van der Waals surface area contributed by atoms with E-state index >= 15 is 0 Å². The first-order valence-corrected chi connectivity index (χ1v) is 12.3. The fraction of sp³-hybridized carbons (Fsp3) is 0.111. The molecule has 0 spiro atoms. The normalized spacial score (nSPS) is 11.0. The molecule has 4 rings (SSSR count). The van der Waals surface area contributed by atoms with E-state index in [4.69, 9.17) is 9.84 Å². The summed E-state index contributed by atoms with van der Waals surface area (Å²) in [4.78, 5) is 15.4. The van der Waals surface area contributed by atoms with Gasteiger partial charge in [0.2, 0.25) is 10.0 Å². The van der Waals surface area contributed by atoms with Crippen molar-refractivity contribution in [3.8, 4) is 17.0 Å². The van der Waals surface area contributed by atoms with Gasteiger partial charge in [-0.1, -0.05) is 60.7 Å². The third-order valence-electron chi connectivity index (χ3n) is 5.27. The first kappa shape index (κ1) is 27.6. The Hall–Kier alpha value is -3.01. The van der Waals surface area contributed by atoms with Gasteiger partial charge < -0.3 is 9.84 Å². The Labute approximate surface area is 232 Å². The summed E-state index contributed by atoms with van der Waals surface area (Å²) >= 11 is 0. The van der Waals surface area contributed by atoms with Gasteiger partial charge in [-0.3, -0.25) is 4.98 Å². The second-order valence-corrected chi connectivity index (χ2v) is 9.77. The molecule has 0 saturated heterocycles. The molecule has 0 aliphatic heterocycles. The second kappa shape index (κ2) is 12.8. The number of rotatable bonds is 10. The summed E-state index contributed by atoms with van der Waals surface area (Å²) in [5.41, 5.74) is 3.28. The Morgan fingerprint density at radius 1 is 0.833 bits per heavy atom. The summed E-state index contributed by atoms with van der Waals surface area (Å²) in [7, 11) is -3.81. The van der Waals surface area contributed by atoms with Crippen LogP contribution in [0.25, 0.3) is 11.3 Å². The zero-order valence-corrected chi connectivity index (χ0v) is 19.6. The predicted molar refractivity (Wildman–Crippen MR) is 139 cm³/mol. The van der Waals surface area contributed by atoms with E-state index in [1.165, 1.54) is 4.31 Å². The number of ether oxygens (including phenoxy) is 1.